The first kappa shape index (κ1) is 27.2. The fraction of sp³-hybridized carbons (Fsp3) is 0.174. The summed E-state index contributed by atoms with van der Waals surface area (Å²) in [5.41, 5.74) is -1.07. The standard InChI is InChI=1S/C23H19Cl2F3N2O3S2/c1-2-21(34-17-8-3-14(24)4-9-17)22(31)29-15-5-10-18(11-6-15)35(32,33)30-16-7-12-20(25)19(13-16)23(26,27)28/h3-13,21,30H,2H2,1H3,(H,29,31). The second-order valence-corrected chi connectivity index (χ2v) is 11.1. The van der Waals surface area contributed by atoms with Gasteiger partial charge in [-0.2, -0.15) is 13.2 Å². The maximum Gasteiger partial charge on any atom is 0.417 e. The third-order valence-electron chi connectivity index (χ3n) is 4.71. The van der Waals surface area contributed by atoms with E-state index in [4.69, 9.17) is 23.2 Å². The average Bonchev–Trinajstić information content (AvgIpc) is 2.79. The monoisotopic (exact) mass is 562 g/mol. The number of halogens is 5. The van der Waals surface area contributed by atoms with Gasteiger partial charge in [0.05, 0.1) is 20.7 Å². The minimum Gasteiger partial charge on any atom is -0.325 e. The third-order valence-corrected chi connectivity index (χ3v) is 8.07. The van der Waals surface area contributed by atoms with Gasteiger partial charge in [0, 0.05) is 21.3 Å². The highest BCUT2D eigenvalue weighted by Crippen LogP contribution is 2.36. The number of anilines is 2. The van der Waals surface area contributed by atoms with Gasteiger partial charge in [-0.25, -0.2) is 8.42 Å². The summed E-state index contributed by atoms with van der Waals surface area (Å²) < 4.78 is 66.5. The van der Waals surface area contributed by atoms with Crippen molar-refractivity contribution in [2.45, 2.75) is 34.6 Å². The van der Waals surface area contributed by atoms with Crippen LogP contribution in [0.4, 0.5) is 24.5 Å². The van der Waals surface area contributed by atoms with E-state index in [2.05, 4.69) is 10.0 Å². The number of hydrogen-bond acceptors (Lipinski definition) is 4. The first-order chi connectivity index (χ1) is 16.4. The second-order valence-electron chi connectivity index (χ2n) is 7.28. The lowest BCUT2D eigenvalue weighted by Crippen LogP contribution is -2.24. The van der Waals surface area contributed by atoms with Gasteiger partial charge in [-0.1, -0.05) is 30.1 Å². The summed E-state index contributed by atoms with van der Waals surface area (Å²) in [6.45, 7) is 1.87. The van der Waals surface area contributed by atoms with Crippen molar-refractivity contribution in [3.05, 3.63) is 82.3 Å². The molecule has 0 aromatic heterocycles. The maximum absolute atomic E-state index is 13.1. The Morgan fingerprint density at radius 2 is 1.57 bits per heavy atom. The largest absolute Gasteiger partial charge is 0.417 e. The quantitative estimate of drug-likeness (QED) is 0.282. The number of carbonyl (C=O) groups excluding carboxylic acids is 1. The highest BCUT2D eigenvalue weighted by molar-refractivity contribution is 8.00. The highest BCUT2D eigenvalue weighted by Gasteiger charge is 2.33. The molecule has 0 aliphatic carbocycles. The van der Waals surface area contributed by atoms with Gasteiger partial charge in [0.2, 0.25) is 5.91 Å². The Kier molecular flexibility index (Phi) is 8.63. The van der Waals surface area contributed by atoms with Crippen molar-refractivity contribution in [2.75, 3.05) is 10.0 Å². The van der Waals surface area contributed by atoms with Crippen LogP contribution in [0.3, 0.4) is 0 Å². The molecule has 186 valence electrons. The lowest BCUT2D eigenvalue weighted by molar-refractivity contribution is -0.137. The van der Waals surface area contributed by atoms with E-state index in [0.29, 0.717) is 23.2 Å². The Bertz CT molecular complexity index is 1300. The van der Waals surface area contributed by atoms with Crippen molar-refractivity contribution < 1.29 is 26.4 Å². The average molecular weight is 563 g/mol. The van der Waals surface area contributed by atoms with Gasteiger partial charge >= 0.3 is 6.18 Å². The van der Waals surface area contributed by atoms with Gasteiger partial charge in [-0.15, -0.1) is 11.8 Å². The second kappa shape index (κ2) is 11.1. The Morgan fingerprint density at radius 3 is 2.14 bits per heavy atom. The molecule has 0 aliphatic heterocycles. The molecule has 1 unspecified atom stereocenters. The minimum absolute atomic E-state index is 0.193. The molecule has 2 N–H and O–H groups in total. The van der Waals surface area contributed by atoms with Crippen molar-refractivity contribution in [1.29, 1.82) is 0 Å². The zero-order valence-corrected chi connectivity index (χ0v) is 21.2. The molecule has 0 radical (unpaired) electrons. The van der Waals surface area contributed by atoms with E-state index in [-0.39, 0.29) is 16.5 Å². The summed E-state index contributed by atoms with van der Waals surface area (Å²) >= 11 is 12.8. The van der Waals surface area contributed by atoms with Crippen molar-refractivity contribution in [3.63, 3.8) is 0 Å². The summed E-state index contributed by atoms with van der Waals surface area (Å²) in [6.07, 6.45) is -4.18. The van der Waals surface area contributed by atoms with Crippen LogP contribution in [0.15, 0.2) is 76.5 Å². The molecule has 0 saturated carbocycles. The Labute approximate surface area is 215 Å². The summed E-state index contributed by atoms with van der Waals surface area (Å²) in [5.74, 6) is -0.262. The van der Waals surface area contributed by atoms with Crippen LogP contribution in [0, 0.1) is 0 Å². The molecule has 0 heterocycles. The van der Waals surface area contributed by atoms with Gasteiger partial charge in [0.25, 0.3) is 10.0 Å². The normalized spacial score (nSPS) is 12.7. The van der Waals surface area contributed by atoms with E-state index in [1.54, 1.807) is 12.1 Å². The molecule has 3 rings (SSSR count). The summed E-state index contributed by atoms with van der Waals surface area (Å²) in [7, 11) is -4.19. The molecule has 12 heteroatoms. The van der Waals surface area contributed by atoms with Gasteiger partial charge < -0.3 is 5.32 Å². The first-order valence-corrected chi connectivity index (χ1v) is 13.2. The number of carbonyl (C=O) groups is 1. The molecule has 0 bridgehead atoms. The van der Waals surface area contributed by atoms with E-state index in [9.17, 15) is 26.4 Å². The molecule has 0 saturated heterocycles. The van der Waals surface area contributed by atoms with Gasteiger partial charge in [-0.05, 0) is 73.2 Å². The van der Waals surface area contributed by atoms with E-state index in [0.717, 1.165) is 17.0 Å². The number of nitrogens with one attached hydrogen (secondary N) is 2. The van der Waals surface area contributed by atoms with E-state index in [1.807, 2.05) is 19.1 Å². The molecule has 3 aromatic carbocycles. The van der Waals surface area contributed by atoms with Crippen LogP contribution in [0.2, 0.25) is 10.0 Å². The van der Waals surface area contributed by atoms with E-state index < -0.39 is 32.0 Å². The van der Waals surface area contributed by atoms with Gasteiger partial charge in [0.15, 0.2) is 0 Å². The number of sulfonamides is 1. The van der Waals surface area contributed by atoms with Crippen molar-refractivity contribution in [1.82, 2.24) is 0 Å². The molecular weight excluding hydrogens is 544 g/mol. The molecule has 1 amide bonds. The number of benzene rings is 3. The molecule has 0 aliphatic rings. The van der Waals surface area contributed by atoms with Crippen LogP contribution in [-0.2, 0) is 21.0 Å². The summed E-state index contributed by atoms with van der Waals surface area (Å²) in [4.78, 5) is 13.4. The molecule has 3 aromatic rings. The topological polar surface area (TPSA) is 75.3 Å². The van der Waals surface area contributed by atoms with Gasteiger partial charge in [0.1, 0.15) is 0 Å². The Hall–Kier alpha value is -2.40. The van der Waals surface area contributed by atoms with Crippen LogP contribution >= 0.6 is 35.0 Å². The lowest BCUT2D eigenvalue weighted by atomic mass is 10.2. The predicted molar refractivity (Wildman–Crippen MR) is 134 cm³/mol. The third kappa shape index (κ3) is 7.30. The van der Waals surface area contributed by atoms with Crippen molar-refractivity contribution in [2.24, 2.45) is 0 Å². The fourth-order valence-corrected chi connectivity index (χ4v) is 5.31. The SMILES string of the molecule is CCC(Sc1ccc(Cl)cc1)C(=O)Nc1ccc(S(=O)(=O)Nc2ccc(Cl)c(C(F)(F)F)c2)cc1. The minimum atomic E-state index is -4.74. The number of rotatable bonds is 8. The zero-order valence-electron chi connectivity index (χ0n) is 18.1. The van der Waals surface area contributed by atoms with E-state index in [1.165, 1.54) is 36.0 Å². The number of amides is 1. The maximum atomic E-state index is 13.1. The summed E-state index contributed by atoms with van der Waals surface area (Å²) in [5, 5.41) is 2.40. The molecule has 5 nitrogen and oxygen atoms in total. The molecular formula is C23H19Cl2F3N2O3S2. The zero-order chi connectivity index (χ0) is 25.8. The molecule has 1 atom stereocenters. The number of hydrogen-bond donors (Lipinski definition) is 2. The number of thioether (sulfide) groups is 1. The molecule has 35 heavy (non-hydrogen) atoms. The van der Waals surface area contributed by atoms with Crippen molar-refractivity contribution >= 4 is 62.3 Å². The van der Waals surface area contributed by atoms with Crippen LogP contribution in [0.5, 0.6) is 0 Å². The first-order valence-electron chi connectivity index (χ1n) is 10.1. The lowest BCUT2D eigenvalue weighted by Gasteiger charge is -2.15. The van der Waals surface area contributed by atoms with Crippen LogP contribution in [0.1, 0.15) is 18.9 Å². The predicted octanol–water partition coefficient (Wildman–Crippen LogP) is 7.32. The van der Waals surface area contributed by atoms with Crippen molar-refractivity contribution in [3.8, 4) is 0 Å². The highest BCUT2D eigenvalue weighted by atomic mass is 35.5. The Balaban J connectivity index is 1.69. The fourth-order valence-electron chi connectivity index (χ4n) is 2.96. The van der Waals surface area contributed by atoms with E-state index >= 15 is 0 Å². The molecule has 0 spiro atoms. The van der Waals surface area contributed by atoms with Crippen LogP contribution in [0.25, 0.3) is 0 Å². The molecule has 0 fully saturated rings. The smallest absolute Gasteiger partial charge is 0.325 e. The number of alkyl halides is 3. The Morgan fingerprint density at radius 1 is 0.971 bits per heavy atom. The van der Waals surface area contributed by atoms with Crippen LogP contribution < -0.4 is 10.0 Å². The van der Waals surface area contributed by atoms with Crippen LogP contribution in [-0.4, -0.2) is 19.6 Å². The summed E-state index contributed by atoms with van der Waals surface area (Å²) in [6, 6.07) is 15.1. The van der Waals surface area contributed by atoms with Gasteiger partial charge in [-0.3, -0.25) is 9.52 Å².